The molecule has 1 aromatic heterocycles. The Bertz CT molecular complexity index is 661. The summed E-state index contributed by atoms with van der Waals surface area (Å²) in [5.74, 6) is 4.78. The molecule has 0 saturated carbocycles. The van der Waals surface area contributed by atoms with Crippen LogP contribution in [-0.4, -0.2) is 39.1 Å². The van der Waals surface area contributed by atoms with Crippen LogP contribution in [0.25, 0.3) is 0 Å². The summed E-state index contributed by atoms with van der Waals surface area (Å²) in [7, 11) is 0. The summed E-state index contributed by atoms with van der Waals surface area (Å²) in [5, 5.41) is 17.5. The maximum atomic E-state index is 11.7. The number of aromatic nitrogens is 2. The van der Waals surface area contributed by atoms with Gasteiger partial charge in [0.25, 0.3) is 5.56 Å². The van der Waals surface area contributed by atoms with Crippen LogP contribution in [0.15, 0.2) is 27.9 Å². The third-order valence-corrected chi connectivity index (χ3v) is 2.53. The number of aliphatic hydroxyl groups is 2. The molecule has 0 aliphatic carbocycles. The van der Waals surface area contributed by atoms with E-state index in [1.807, 2.05) is 0 Å². The fourth-order valence-electron chi connectivity index (χ4n) is 1.65. The normalized spacial score (nSPS) is 21.2. The number of H-pyrrole nitrogens is 1. The molecule has 7 heteroatoms. The molecule has 2 heterocycles. The van der Waals surface area contributed by atoms with Gasteiger partial charge in [-0.2, -0.15) is 0 Å². The second-order valence-electron chi connectivity index (χ2n) is 3.80. The summed E-state index contributed by atoms with van der Waals surface area (Å²) >= 11 is 0. The van der Waals surface area contributed by atoms with E-state index in [0.717, 1.165) is 4.57 Å². The van der Waals surface area contributed by atoms with Gasteiger partial charge in [-0.05, 0) is 6.08 Å². The molecule has 100 valence electrons. The Morgan fingerprint density at radius 1 is 1.37 bits per heavy atom. The predicted molar refractivity (Wildman–Crippen MR) is 65.4 cm³/mol. The Labute approximate surface area is 107 Å². The van der Waals surface area contributed by atoms with E-state index in [-0.39, 0.29) is 18.8 Å². The van der Waals surface area contributed by atoms with Crippen molar-refractivity contribution in [2.24, 2.45) is 0 Å². The molecule has 3 N–H and O–H groups in total. The first-order chi connectivity index (χ1) is 9.15. The Kier molecular flexibility index (Phi) is 3.97. The van der Waals surface area contributed by atoms with Crippen molar-refractivity contribution in [3.63, 3.8) is 0 Å². The van der Waals surface area contributed by atoms with Crippen molar-refractivity contribution in [2.75, 3.05) is 13.2 Å². The van der Waals surface area contributed by atoms with E-state index >= 15 is 0 Å². The van der Waals surface area contributed by atoms with E-state index in [2.05, 4.69) is 16.8 Å². The van der Waals surface area contributed by atoms with Crippen molar-refractivity contribution in [1.82, 2.24) is 9.55 Å². The first kappa shape index (κ1) is 13.3. The van der Waals surface area contributed by atoms with Gasteiger partial charge in [-0.25, -0.2) is 4.79 Å². The SMILES string of the molecule is O=c1[nH]c(=O)n([C@@H]2C=C[C@H](CO)O2)cc1C#CCO. The summed E-state index contributed by atoms with van der Waals surface area (Å²) in [6.45, 7) is -0.576. The summed E-state index contributed by atoms with van der Waals surface area (Å²) in [5.41, 5.74) is -1.20. The second kappa shape index (κ2) is 5.67. The third-order valence-electron chi connectivity index (χ3n) is 2.53. The van der Waals surface area contributed by atoms with Crippen molar-refractivity contribution in [3.05, 3.63) is 44.8 Å². The zero-order valence-corrected chi connectivity index (χ0v) is 9.87. The van der Waals surface area contributed by atoms with Crippen LogP contribution in [0.4, 0.5) is 0 Å². The minimum atomic E-state index is -0.698. The van der Waals surface area contributed by atoms with Gasteiger partial charge in [-0.3, -0.25) is 14.3 Å². The van der Waals surface area contributed by atoms with Crippen molar-refractivity contribution in [1.29, 1.82) is 0 Å². The van der Waals surface area contributed by atoms with Crippen molar-refractivity contribution in [2.45, 2.75) is 12.3 Å². The second-order valence-corrected chi connectivity index (χ2v) is 3.80. The molecule has 1 aliphatic rings. The highest BCUT2D eigenvalue weighted by Crippen LogP contribution is 2.18. The highest BCUT2D eigenvalue weighted by atomic mass is 16.5. The van der Waals surface area contributed by atoms with Crippen LogP contribution < -0.4 is 11.2 Å². The number of ether oxygens (including phenoxy) is 1. The number of aliphatic hydroxyl groups excluding tert-OH is 2. The maximum Gasteiger partial charge on any atom is 0.330 e. The largest absolute Gasteiger partial charge is 0.393 e. The molecule has 0 unspecified atom stereocenters. The highest BCUT2D eigenvalue weighted by Gasteiger charge is 2.21. The third kappa shape index (κ3) is 2.82. The number of nitrogens with zero attached hydrogens (tertiary/aromatic N) is 1. The van der Waals surface area contributed by atoms with Gasteiger partial charge in [0.1, 0.15) is 18.3 Å². The van der Waals surface area contributed by atoms with Gasteiger partial charge in [-0.15, -0.1) is 0 Å². The van der Waals surface area contributed by atoms with E-state index < -0.39 is 23.6 Å². The quantitative estimate of drug-likeness (QED) is 0.437. The van der Waals surface area contributed by atoms with Crippen LogP contribution in [0.3, 0.4) is 0 Å². The Balaban J connectivity index is 2.39. The molecule has 0 radical (unpaired) electrons. The molecular formula is C12H12N2O5. The van der Waals surface area contributed by atoms with Crippen LogP contribution >= 0.6 is 0 Å². The van der Waals surface area contributed by atoms with Gasteiger partial charge in [0, 0.05) is 6.20 Å². The number of hydrogen-bond acceptors (Lipinski definition) is 5. The van der Waals surface area contributed by atoms with Crippen LogP contribution in [0, 0.1) is 11.8 Å². The average Bonchev–Trinajstić information content (AvgIpc) is 2.86. The minimum Gasteiger partial charge on any atom is -0.393 e. The molecule has 0 spiro atoms. The number of aromatic amines is 1. The van der Waals surface area contributed by atoms with Gasteiger partial charge >= 0.3 is 5.69 Å². The Hall–Kier alpha value is -2.14. The summed E-state index contributed by atoms with van der Waals surface area (Å²) < 4.78 is 6.52. The molecule has 0 saturated heterocycles. The molecule has 19 heavy (non-hydrogen) atoms. The molecule has 0 fully saturated rings. The molecule has 2 atom stereocenters. The Morgan fingerprint density at radius 2 is 2.16 bits per heavy atom. The highest BCUT2D eigenvalue weighted by molar-refractivity contribution is 5.29. The lowest BCUT2D eigenvalue weighted by molar-refractivity contribution is -0.0103. The number of hydrogen-bond donors (Lipinski definition) is 3. The Morgan fingerprint density at radius 3 is 2.79 bits per heavy atom. The first-order valence-corrected chi connectivity index (χ1v) is 5.55. The van der Waals surface area contributed by atoms with Gasteiger partial charge in [-0.1, -0.05) is 17.9 Å². The zero-order chi connectivity index (χ0) is 13.8. The van der Waals surface area contributed by atoms with Crippen molar-refractivity contribution < 1.29 is 14.9 Å². The van der Waals surface area contributed by atoms with Gasteiger partial charge in [0.05, 0.1) is 6.61 Å². The molecule has 7 nitrogen and oxygen atoms in total. The van der Waals surface area contributed by atoms with Gasteiger partial charge < -0.3 is 14.9 Å². The summed E-state index contributed by atoms with van der Waals surface area (Å²) in [6.07, 6.45) is 3.32. The lowest BCUT2D eigenvalue weighted by Gasteiger charge is -2.14. The lowest BCUT2D eigenvalue weighted by Crippen LogP contribution is -2.33. The molecule has 0 aromatic carbocycles. The van der Waals surface area contributed by atoms with E-state index in [1.54, 1.807) is 12.2 Å². The zero-order valence-electron chi connectivity index (χ0n) is 9.87. The number of nitrogens with one attached hydrogen (secondary N) is 1. The van der Waals surface area contributed by atoms with E-state index in [0.29, 0.717) is 0 Å². The average molecular weight is 264 g/mol. The molecule has 0 bridgehead atoms. The van der Waals surface area contributed by atoms with E-state index in [9.17, 15) is 9.59 Å². The van der Waals surface area contributed by atoms with Crippen LogP contribution in [-0.2, 0) is 4.74 Å². The maximum absolute atomic E-state index is 11.7. The fourth-order valence-corrected chi connectivity index (χ4v) is 1.65. The van der Waals surface area contributed by atoms with E-state index in [4.69, 9.17) is 14.9 Å². The molecule has 1 aliphatic heterocycles. The van der Waals surface area contributed by atoms with Crippen LogP contribution in [0.1, 0.15) is 11.8 Å². The van der Waals surface area contributed by atoms with Gasteiger partial charge in [0.2, 0.25) is 0 Å². The van der Waals surface area contributed by atoms with E-state index in [1.165, 1.54) is 6.20 Å². The van der Waals surface area contributed by atoms with Crippen molar-refractivity contribution in [3.8, 4) is 11.8 Å². The lowest BCUT2D eigenvalue weighted by atomic mass is 10.3. The molecule has 2 rings (SSSR count). The molecule has 1 aromatic rings. The molecular weight excluding hydrogens is 252 g/mol. The monoisotopic (exact) mass is 264 g/mol. The minimum absolute atomic E-state index is 0.0538. The fraction of sp³-hybridized carbons (Fsp3) is 0.333. The van der Waals surface area contributed by atoms with Crippen LogP contribution in [0.5, 0.6) is 0 Å². The predicted octanol–water partition coefficient (Wildman–Crippen LogP) is -1.67. The standard InChI is InChI=1S/C12H12N2O5/c15-5-1-2-8-6-14(12(18)13-11(8)17)10-4-3-9(7-16)19-10/h3-4,6,9-10,15-16H,5,7H2,(H,13,17,18)/t9-,10+/m1/s1. The van der Waals surface area contributed by atoms with Gasteiger partial charge in [0.15, 0.2) is 6.23 Å². The van der Waals surface area contributed by atoms with Crippen LogP contribution in [0.2, 0.25) is 0 Å². The summed E-state index contributed by atoms with van der Waals surface area (Å²) in [4.78, 5) is 25.3. The smallest absolute Gasteiger partial charge is 0.330 e. The summed E-state index contributed by atoms with van der Waals surface area (Å²) in [6, 6.07) is 0. The topological polar surface area (TPSA) is 105 Å². The first-order valence-electron chi connectivity index (χ1n) is 5.55. The van der Waals surface area contributed by atoms with Crippen molar-refractivity contribution >= 4 is 0 Å². The number of rotatable bonds is 2. The molecule has 0 amide bonds.